The Balaban J connectivity index is 1.82. The van der Waals surface area contributed by atoms with E-state index in [9.17, 15) is 4.79 Å². The Hall–Kier alpha value is -1.34. The first-order chi connectivity index (χ1) is 8.13. The topological polar surface area (TPSA) is 72.9 Å². The maximum absolute atomic E-state index is 11.6. The van der Waals surface area contributed by atoms with E-state index < -0.39 is 0 Å². The second-order valence-electron chi connectivity index (χ2n) is 3.48. The molecule has 2 rings (SSSR count). The number of amides is 1. The van der Waals surface area contributed by atoms with Crippen molar-refractivity contribution < 1.29 is 4.79 Å². The van der Waals surface area contributed by atoms with Crippen LogP contribution >= 0.6 is 27.3 Å². The lowest BCUT2D eigenvalue weighted by Gasteiger charge is -2.03. The maximum Gasteiger partial charge on any atom is 0.242 e. The Kier molecular flexibility index (Phi) is 3.80. The molecule has 0 saturated heterocycles. The van der Waals surface area contributed by atoms with Gasteiger partial charge in [-0.05, 0) is 22.0 Å². The molecule has 3 N–H and O–H groups in total. The van der Waals surface area contributed by atoms with Gasteiger partial charge in [0.1, 0.15) is 6.54 Å². The Labute approximate surface area is 111 Å². The molecule has 0 unspecified atom stereocenters. The number of nitrogens with zero attached hydrogens (tertiary/aromatic N) is 2. The molecule has 0 aliphatic rings. The highest BCUT2D eigenvalue weighted by atomic mass is 79.9. The lowest BCUT2D eigenvalue weighted by molar-refractivity contribution is -0.122. The van der Waals surface area contributed by atoms with Gasteiger partial charge in [-0.15, -0.1) is 11.3 Å². The van der Waals surface area contributed by atoms with Crippen molar-refractivity contribution in [3.8, 4) is 0 Å². The van der Waals surface area contributed by atoms with Gasteiger partial charge in [-0.2, -0.15) is 5.10 Å². The van der Waals surface area contributed by atoms with E-state index in [1.165, 1.54) is 10.9 Å². The Bertz CT molecular complexity index is 522. The van der Waals surface area contributed by atoms with Crippen LogP contribution in [0.5, 0.6) is 0 Å². The highest BCUT2D eigenvalue weighted by Gasteiger charge is 2.04. The van der Waals surface area contributed by atoms with E-state index in [4.69, 9.17) is 5.73 Å². The first-order valence-corrected chi connectivity index (χ1v) is 6.58. The van der Waals surface area contributed by atoms with Gasteiger partial charge in [0.2, 0.25) is 5.91 Å². The number of hydrogen-bond acceptors (Lipinski definition) is 4. The lowest BCUT2D eigenvalue weighted by atomic mass is 10.4. The van der Waals surface area contributed by atoms with Gasteiger partial charge in [0, 0.05) is 20.9 Å². The molecule has 0 atom stereocenters. The monoisotopic (exact) mass is 314 g/mol. The van der Waals surface area contributed by atoms with E-state index in [1.807, 2.05) is 11.4 Å². The van der Waals surface area contributed by atoms with Crippen molar-refractivity contribution in [2.45, 2.75) is 13.1 Å². The van der Waals surface area contributed by atoms with Crippen LogP contribution in [-0.2, 0) is 17.9 Å². The third-order valence-electron chi connectivity index (χ3n) is 2.04. The summed E-state index contributed by atoms with van der Waals surface area (Å²) in [6, 6.07) is 1.98. The van der Waals surface area contributed by atoms with Crippen molar-refractivity contribution in [3.63, 3.8) is 0 Å². The van der Waals surface area contributed by atoms with Crippen molar-refractivity contribution in [3.05, 3.63) is 33.2 Å². The second kappa shape index (κ2) is 5.33. The van der Waals surface area contributed by atoms with Gasteiger partial charge < -0.3 is 11.1 Å². The SMILES string of the molecule is Nc1cnn(CC(=O)NCc2cc(Br)cs2)c1. The predicted octanol–water partition coefficient (Wildman–Crippen LogP) is 1.61. The Morgan fingerprint density at radius 1 is 1.65 bits per heavy atom. The van der Waals surface area contributed by atoms with Gasteiger partial charge in [0.15, 0.2) is 0 Å². The van der Waals surface area contributed by atoms with E-state index in [-0.39, 0.29) is 12.5 Å². The fourth-order valence-electron chi connectivity index (χ4n) is 1.30. The molecular weight excluding hydrogens is 304 g/mol. The van der Waals surface area contributed by atoms with Crippen LogP contribution in [-0.4, -0.2) is 15.7 Å². The molecule has 2 aromatic rings. The molecular formula is C10H11BrN4OS. The standard InChI is InChI=1S/C10H11BrN4OS/c11-7-1-9(17-6-7)3-13-10(16)5-15-4-8(12)2-14-15/h1-2,4,6H,3,5,12H2,(H,13,16). The minimum Gasteiger partial charge on any atom is -0.396 e. The highest BCUT2D eigenvalue weighted by molar-refractivity contribution is 9.10. The third kappa shape index (κ3) is 3.57. The molecule has 0 aliphatic heterocycles. The molecule has 2 heterocycles. The summed E-state index contributed by atoms with van der Waals surface area (Å²) in [6.45, 7) is 0.718. The van der Waals surface area contributed by atoms with E-state index >= 15 is 0 Å². The maximum atomic E-state index is 11.6. The first-order valence-electron chi connectivity index (χ1n) is 4.91. The first kappa shape index (κ1) is 12.1. The van der Waals surface area contributed by atoms with Gasteiger partial charge in [-0.1, -0.05) is 0 Å². The van der Waals surface area contributed by atoms with Crippen molar-refractivity contribution in [2.24, 2.45) is 0 Å². The molecule has 0 saturated carbocycles. The van der Waals surface area contributed by atoms with E-state index in [1.54, 1.807) is 17.5 Å². The molecule has 0 spiro atoms. The van der Waals surface area contributed by atoms with Crippen LogP contribution in [0.2, 0.25) is 0 Å². The quantitative estimate of drug-likeness (QED) is 0.900. The van der Waals surface area contributed by atoms with Crippen molar-refractivity contribution in [1.29, 1.82) is 0 Å². The van der Waals surface area contributed by atoms with Crippen LogP contribution < -0.4 is 11.1 Å². The number of carbonyl (C=O) groups excluding carboxylic acids is 1. The zero-order chi connectivity index (χ0) is 12.3. The van der Waals surface area contributed by atoms with Crippen LogP contribution in [0, 0.1) is 0 Å². The zero-order valence-electron chi connectivity index (χ0n) is 8.89. The average Bonchev–Trinajstić information content (AvgIpc) is 2.85. The van der Waals surface area contributed by atoms with E-state index in [0.29, 0.717) is 12.2 Å². The number of anilines is 1. The number of rotatable bonds is 4. The van der Waals surface area contributed by atoms with Gasteiger partial charge >= 0.3 is 0 Å². The molecule has 90 valence electrons. The largest absolute Gasteiger partial charge is 0.396 e. The zero-order valence-corrected chi connectivity index (χ0v) is 11.3. The molecule has 0 bridgehead atoms. The summed E-state index contributed by atoms with van der Waals surface area (Å²) in [4.78, 5) is 12.7. The van der Waals surface area contributed by atoms with Crippen molar-refractivity contribution in [2.75, 3.05) is 5.73 Å². The summed E-state index contributed by atoms with van der Waals surface area (Å²) in [5.74, 6) is -0.0855. The lowest BCUT2D eigenvalue weighted by Crippen LogP contribution is -2.26. The minimum absolute atomic E-state index is 0.0855. The summed E-state index contributed by atoms with van der Waals surface area (Å²) in [5.41, 5.74) is 6.06. The number of thiophene rings is 1. The van der Waals surface area contributed by atoms with Gasteiger partial charge in [0.25, 0.3) is 0 Å². The molecule has 0 aliphatic carbocycles. The fraction of sp³-hybridized carbons (Fsp3) is 0.200. The average molecular weight is 315 g/mol. The van der Waals surface area contributed by atoms with Gasteiger partial charge in [0.05, 0.1) is 18.4 Å². The van der Waals surface area contributed by atoms with Crippen molar-refractivity contribution >= 4 is 38.9 Å². The normalized spacial score (nSPS) is 10.4. The van der Waals surface area contributed by atoms with E-state index in [0.717, 1.165) is 9.35 Å². The summed E-state index contributed by atoms with van der Waals surface area (Å²) >= 11 is 4.96. The van der Waals surface area contributed by atoms with Crippen LogP contribution in [0.1, 0.15) is 4.88 Å². The number of aromatic nitrogens is 2. The van der Waals surface area contributed by atoms with Crippen LogP contribution in [0.15, 0.2) is 28.3 Å². The predicted molar refractivity (Wildman–Crippen MR) is 70.5 cm³/mol. The molecule has 0 radical (unpaired) electrons. The smallest absolute Gasteiger partial charge is 0.242 e. The molecule has 1 amide bonds. The molecule has 0 aromatic carbocycles. The van der Waals surface area contributed by atoms with Crippen LogP contribution in [0.3, 0.4) is 0 Å². The third-order valence-corrected chi connectivity index (χ3v) is 3.74. The fourth-order valence-corrected chi connectivity index (χ4v) is 2.69. The summed E-state index contributed by atoms with van der Waals surface area (Å²) in [7, 11) is 0. The molecule has 2 aromatic heterocycles. The summed E-state index contributed by atoms with van der Waals surface area (Å²) in [6.07, 6.45) is 3.14. The number of carbonyl (C=O) groups is 1. The second-order valence-corrected chi connectivity index (χ2v) is 5.39. The van der Waals surface area contributed by atoms with E-state index in [2.05, 4.69) is 26.3 Å². The van der Waals surface area contributed by atoms with Crippen molar-refractivity contribution in [1.82, 2.24) is 15.1 Å². The molecule has 7 heteroatoms. The Morgan fingerprint density at radius 3 is 3.06 bits per heavy atom. The van der Waals surface area contributed by atoms with Crippen LogP contribution in [0.25, 0.3) is 0 Å². The molecule has 0 fully saturated rings. The highest BCUT2D eigenvalue weighted by Crippen LogP contribution is 2.19. The summed E-state index contributed by atoms with van der Waals surface area (Å²) in [5, 5.41) is 8.74. The molecule has 17 heavy (non-hydrogen) atoms. The number of nitrogen functional groups attached to an aromatic ring is 1. The number of halogens is 1. The van der Waals surface area contributed by atoms with Crippen LogP contribution in [0.4, 0.5) is 5.69 Å². The van der Waals surface area contributed by atoms with Gasteiger partial charge in [-0.3, -0.25) is 9.48 Å². The Morgan fingerprint density at radius 2 is 2.47 bits per heavy atom. The van der Waals surface area contributed by atoms with Gasteiger partial charge in [-0.25, -0.2) is 0 Å². The number of nitrogens with two attached hydrogens (primary N) is 1. The number of hydrogen-bond donors (Lipinski definition) is 2. The molecule has 5 nitrogen and oxygen atoms in total. The summed E-state index contributed by atoms with van der Waals surface area (Å²) < 4.78 is 2.54. The minimum atomic E-state index is -0.0855. The number of nitrogens with one attached hydrogen (secondary N) is 1.